The average Bonchev–Trinajstić information content (AvgIpc) is 2.81. The van der Waals surface area contributed by atoms with E-state index in [-0.39, 0.29) is 0 Å². The van der Waals surface area contributed by atoms with Crippen molar-refractivity contribution < 1.29 is 0 Å². The van der Waals surface area contributed by atoms with E-state index in [0.29, 0.717) is 6.54 Å². The predicted octanol–water partition coefficient (Wildman–Crippen LogP) is 3.77. The number of thiazole rings is 1. The molecular weight excluding hydrogens is 216 g/mol. The highest BCUT2D eigenvalue weighted by Crippen LogP contribution is 2.18. The molecule has 0 radical (unpaired) electrons. The van der Waals surface area contributed by atoms with Gasteiger partial charge < -0.3 is 5.73 Å². The van der Waals surface area contributed by atoms with Crippen LogP contribution in [0, 0.1) is 0 Å². The first kappa shape index (κ1) is 14.8. The third-order valence-corrected chi connectivity index (χ3v) is 2.62. The second-order valence-corrected chi connectivity index (χ2v) is 3.61. The summed E-state index contributed by atoms with van der Waals surface area (Å²) in [6.07, 6.45) is 7.66. The van der Waals surface area contributed by atoms with E-state index in [1.807, 2.05) is 44.4 Å². The van der Waals surface area contributed by atoms with Crippen LogP contribution in [0.15, 0.2) is 36.3 Å². The second kappa shape index (κ2) is 9.07. The molecule has 88 valence electrons. The molecule has 1 heterocycles. The van der Waals surface area contributed by atoms with Gasteiger partial charge in [-0.1, -0.05) is 44.7 Å². The Labute approximate surface area is 102 Å². The van der Waals surface area contributed by atoms with Crippen LogP contribution >= 0.6 is 11.3 Å². The van der Waals surface area contributed by atoms with Gasteiger partial charge in [0.1, 0.15) is 5.01 Å². The van der Waals surface area contributed by atoms with Gasteiger partial charge >= 0.3 is 0 Å². The largest absolute Gasteiger partial charge is 0.325 e. The smallest absolute Gasteiger partial charge is 0.107 e. The van der Waals surface area contributed by atoms with Gasteiger partial charge in [-0.05, 0) is 12.5 Å². The molecule has 0 amide bonds. The summed E-state index contributed by atoms with van der Waals surface area (Å²) in [5.74, 6) is 0. The molecule has 0 aromatic carbocycles. The summed E-state index contributed by atoms with van der Waals surface area (Å²) in [5.41, 5.74) is 7.58. The zero-order valence-corrected chi connectivity index (χ0v) is 11.1. The molecule has 0 atom stereocenters. The maximum atomic E-state index is 5.50. The van der Waals surface area contributed by atoms with Gasteiger partial charge in [0.25, 0.3) is 0 Å². The van der Waals surface area contributed by atoms with E-state index in [2.05, 4.69) is 11.6 Å². The van der Waals surface area contributed by atoms with Crippen molar-refractivity contribution in [1.29, 1.82) is 0 Å². The molecule has 0 unspecified atom stereocenters. The Hall–Kier alpha value is -1.19. The van der Waals surface area contributed by atoms with Crippen molar-refractivity contribution in [3.05, 3.63) is 47.0 Å². The van der Waals surface area contributed by atoms with Gasteiger partial charge in [-0.15, -0.1) is 11.3 Å². The molecule has 0 spiro atoms. The number of hydrogen-bond acceptors (Lipinski definition) is 3. The molecule has 2 N–H and O–H groups in total. The maximum absolute atomic E-state index is 5.50. The number of rotatable bonds is 4. The number of hydrogen-bond donors (Lipinski definition) is 1. The molecule has 16 heavy (non-hydrogen) atoms. The monoisotopic (exact) mass is 236 g/mol. The highest BCUT2D eigenvalue weighted by atomic mass is 32.1. The first-order valence-electron chi connectivity index (χ1n) is 5.42. The van der Waals surface area contributed by atoms with Crippen molar-refractivity contribution in [3.8, 4) is 0 Å². The summed E-state index contributed by atoms with van der Waals surface area (Å²) in [7, 11) is 0. The topological polar surface area (TPSA) is 38.9 Å². The molecule has 0 aliphatic rings. The Morgan fingerprint density at radius 1 is 1.56 bits per heavy atom. The van der Waals surface area contributed by atoms with Crippen LogP contribution in [0.1, 0.15) is 31.5 Å². The molecular formula is C13H20N2S. The van der Waals surface area contributed by atoms with Crippen LogP contribution in [0.3, 0.4) is 0 Å². The number of allylic oxidation sites excluding steroid dienone is 5. The molecule has 1 aromatic rings. The molecule has 0 aliphatic heterocycles. The molecule has 0 bridgehead atoms. The molecule has 1 rings (SSSR count). The number of nitrogens with two attached hydrogens (primary N) is 1. The van der Waals surface area contributed by atoms with Crippen LogP contribution in [-0.2, 0) is 6.54 Å². The second-order valence-electron chi connectivity index (χ2n) is 2.67. The van der Waals surface area contributed by atoms with Crippen molar-refractivity contribution in [3.63, 3.8) is 0 Å². The fourth-order valence-electron chi connectivity index (χ4n) is 1.04. The molecule has 3 heteroatoms. The summed E-state index contributed by atoms with van der Waals surface area (Å²) in [4.78, 5) is 4.39. The van der Waals surface area contributed by atoms with Gasteiger partial charge in [0.15, 0.2) is 0 Å². The van der Waals surface area contributed by atoms with Crippen LogP contribution < -0.4 is 5.73 Å². The van der Waals surface area contributed by atoms with E-state index in [9.17, 15) is 0 Å². The lowest BCUT2D eigenvalue weighted by molar-refractivity contribution is 1.03. The van der Waals surface area contributed by atoms with E-state index in [0.717, 1.165) is 16.3 Å². The molecule has 0 aliphatic carbocycles. The zero-order chi connectivity index (χ0) is 12.4. The quantitative estimate of drug-likeness (QED) is 0.808. The Bertz CT molecular complexity index is 362. The number of aromatic nitrogens is 1. The van der Waals surface area contributed by atoms with Gasteiger partial charge in [0, 0.05) is 11.9 Å². The summed E-state index contributed by atoms with van der Waals surface area (Å²) < 4.78 is 0. The van der Waals surface area contributed by atoms with Crippen molar-refractivity contribution in [1.82, 2.24) is 4.98 Å². The van der Waals surface area contributed by atoms with E-state index < -0.39 is 0 Å². The Balaban J connectivity index is 0.00000106. The van der Waals surface area contributed by atoms with E-state index in [4.69, 9.17) is 5.73 Å². The summed E-state index contributed by atoms with van der Waals surface area (Å²) >= 11 is 1.59. The van der Waals surface area contributed by atoms with Crippen LogP contribution in [0.4, 0.5) is 0 Å². The lowest BCUT2D eigenvalue weighted by Gasteiger charge is -1.94. The molecule has 1 aromatic heterocycles. The van der Waals surface area contributed by atoms with Gasteiger partial charge in [-0.2, -0.15) is 0 Å². The molecule has 0 saturated carbocycles. The van der Waals surface area contributed by atoms with Gasteiger partial charge in [-0.3, -0.25) is 0 Å². The van der Waals surface area contributed by atoms with Crippen molar-refractivity contribution in [2.75, 3.05) is 0 Å². The summed E-state index contributed by atoms with van der Waals surface area (Å²) in [6.45, 7) is 10.1. The normalized spacial score (nSPS) is 11.1. The SMILES string of the molecule is C=C/C=C\C(=C/C)c1csc(CN)n1.CC. The fourth-order valence-corrected chi connectivity index (χ4v) is 1.72. The Kier molecular flexibility index (Phi) is 8.39. The zero-order valence-electron chi connectivity index (χ0n) is 10.2. The summed E-state index contributed by atoms with van der Waals surface area (Å²) in [5, 5.41) is 2.98. The first-order chi connectivity index (χ1) is 7.81. The minimum atomic E-state index is 0.507. The molecule has 0 saturated heterocycles. The maximum Gasteiger partial charge on any atom is 0.107 e. The highest BCUT2D eigenvalue weighted by molar-refractivity contribution is 7.09. The van der Waals surface area contributed by atoms with Crippen LogP contribution in [0.5, 0.6) is 0 Å². The number of nitrogens with zero attached hydrogens (tertiary/aromatic N) is 1. The third-order valence-electron chi connectivity index (χ3n) is 1.75. The minimum Gasteiger partial charge on any atom is -0.325 e. The van der Waals surface area contributed by atoms with Gasteiger partial charge in [0.2, 0.25) is 0 Å². The van der Waals surface area contributed by atoms with Crippen LogP contribution in [-0.4, -0.2) is 4.98 Å². The van der Waals surface area contributed by atoms with Crippen molar-refractivity contribution in [2.45, 2.75) is 27.3 Å². The minimum absolute atomic E-state index is 0.507. The van der Waals surface area contributed by atoms with Crippen molar-refractivity contribution in [2.24, 2.45) is 5.73 Å². The lowest BCUT2D eigenvalue weighted by Crippen LogP contribution is -1.95. The van der Waals surface area contributed by atoms with E-state index in [1.54, 1.807) is 17.4 Å². The van der Waals surface area contributed by atoms with E-state index in [1.165, 1.54) is 0 Å². The van der Waals surface area contributed by atoms with Gasteiger partial charge in [-0.25, -0.2) is 4.98 Å². The van der Waals surface area contributed by atoms with E-state index >= 15 is 0 Å². The molecule has 0 fully saturated rings. The third kappa shape index (κ3) is 4.55. The van der Waals surface area contributed by atoms with Crippen LogP contribution in [0.25, 0.3) is 5.57 Å². The predicted molar refractivity (Wildman–Crippen MR) is 74.3 cm³/mol. The Morgan fingerprint density at radius 2 is 2.25 bits per heavy atom. The standard InChI is InChI=1S/C11H14N2S.C2H6/c1-3-5-6-9(4-2)10-8-14-11(7-12)13-10;1-2/h3-6,8H,1,7,12H2,2H3;1-2H3/b6-5-,9-4+;. The van der Waals surface area contributed by atoms with Crippen molar-refractivity contribution >= 4 is 16.9 Å². The Morgan fingerprint density at radius 3 is 2.69 bits per heavy atom. The highest BCUT2D eigenvalue weighted by Gasteiger charge is 2.02. The average molecular weight is 236 g/mol. The fraction of sp³-hybridized carbons (Fsp3) is 0.308. The van der Waals surface area contributed by atoms with Gasteiger partial charge in [0.05, 0.1) is 5.69 Å². The summed E-state index contributed by atoms with van der Waals surface area (Å²) in [6, 6.07) is 0. The first-order valence-corrected chi connectivity index (χ1v) is 6.30. The molecule has 2 nitrogen and oxygen atoms in total. The van der Waals surface area contributed by atoms with Crippen LogP contribution in [0.2, 0.25) is 0 Å². The lowest BCUT2D eigenvalue weighted by atomic mass is 10.2.